The highest BCUT2D eigenvalue weighted by molar-refractivity contribution is 5.71. The normalized spacial score (nSPS) is 10.3. The average molecular weight is 216 g/mol. The van der Waals surface area contributed by atoms with E-state index in [0.717, 1.165) is 19.3 Å². The van der Waals surface area contributed by atoms with Crippen molar-refractivity contribution in [2.24, 2.45) is 0 Å². The Morgan fingerprint density at radius 2 is 1.69 bits per heavy atom. The van der Waals surface area contributed by atoms with Gasteiger partial charge in [-0.1, -0.05) is 44.5 Å². The van der Waals surface area contributed by atoms with Gasteiger partial charge in [-0.3, -0.25) is 0 Å². The molecule has 1 aromatic carbocycles. The van der Waals surface area contributed by atoms with E-state index in [0.29, 0.717) is 0 Å². The molecule has 0 aliphatic carbocycles. The molecule has 0 fully saturated rings. The van der Waals surface area contributed by atoms with Crippen LogP contribution in [0.4, 0.5) is 0 Å². The second kappa shape index (κ2) is 5.89. The van der Waals surface area contributed by atoms with Gasteiger partial charge < -0.3 is 0 Å². The SMILES string of the molecule is CCC(=C(C)C)c1cc(CC)ccc1CC. The third-order valence-electron chi connectivity index (χ3n) is 3.25. The first-order valence-corrected chi connectivity index (χ1v) is 6.42. The Hall–Kier alpha value is -1.04. The van der Waals surface area contributed by atoms with Gasteiger partial charge in [0.2, 0.25) is 0 Å². The Bertz CT molecular complexity index is 379. The van der Waals surface area contributed by atoms with Crippen molar-refractivity contribution in [2.45, 2.75) is 53.9 Å². The standard InChI is InChI=1S/C16H24/c1-6-13-9-10-14(7-2)16(11-13)15(8-3)12(4)5/h9-11H,6-8H2,1-5H3. The van der Waals surface area contributed by atoms with E-state index in [1.807, 2.05) is 0 Å². The molecule has 16 heavy (non-hydrogen) atoms. The van der Waals surface area contributed by atoms with Gasteiger partial charge in [0.05, 0.1) is 0 Å². The first-order chi connectivity index (χ1) is 7.63. The number of hydrogen-bond donors (Lipinski definition) is 0. The summed E-state index contributed by atoms with van der Waals surface area (Å²) in [5.74, 6) is 0. The fourth-order valence-electron chi connectivity index (χ4n) is 2.25. The Labute approximate surface area is 100 Å². The number of aryl methyl sites for hydroxylation is 2. The van der Waals surface area contributed by atoms with E-state index in [-0.39, 0.29) is 0 Å². The molecule has 0 nitrogen and oxygen atoms in total. The molecular weight excluding hydrogens is 192 g/mol. The Morgan fingerprint density at radius 1 is 1.00 bits per heavy atom. The van der Waals surface area contributed by atoms with Gasteiger partial charge in [0.1, 0.15) is 0 Å². The minimum atomic E-state index is 1.12. The largest absolute Gasteiger partial charge is 0.0726 e. The zero-order valence-corrected chi connectivity index (χ0v) is 11.4. The lowest BCUT2D eigenvalue weighted by molar-refractivity contribution is 1.07. The second-order valence-electron chi connectivity index (χ2n) is 4.53. The minimum absolute atomic E-state index is 1.12. The molecule has 0 amide bonds. The maximum Gasteiger partial charge on any atom is -0.0191 e. The van der Waals surface area contributed by atoms with Crippen LogP contribution in [0.3, 0.4) is 0 Å². The summed E-state index contributed by atoms with van der Waals surface area (Å²) in [7, 11) is 0. The van der Waals surface area contributed by atoms with E-state index >= 15 is 0 Å². The average Bonchev–Trinajstić information content (AvgIpc) is 2.29. The van der Waals surface area contributed by atoms with Gasteiger partial charge >= 0.3 is 0 Å². The molecule has 1 aromatic rings. The van der Waals surface area contributed by atoms with Crippen LogP contribution < -0.4 is 0 Å². The third kappa shape index (κ3) is 2.75. The maximum atomic E-state index is 2.38. The zero-order valence-electron chi connectivity index (χ0n) is 11.4. The van der Waals surface area contributed by atoms with Crippen molar-refractivity contribution in [3.05, 3.63) is 40.5 Å². The lowest BCUT2D eigenvalue weighted by Gasteiger charge is -2.14. The van der Waals surface area contributed by atoms with Crippen molar-refractivity contribution in [1.82, 2.24) is 0 Å². The lowest BCUT2D eigenvalue weighted by Crippen LogP contribution is -1.95. The van der Waals surface area contributed by atoms with E-state index < -0.39 is 0 Å². The monoisotopic (exact) mass is 216 g/mol. The zero-order chi connectivity index (χ0) is 12.1. The van der Waals surface area contributed by atoms with Gasteiger partial charge in [-0.15, -0.1) is 0 Å². The van der Waals surface area contributed by atoms with Crippen molar-refractivity contribution in [1.29, 1.82) is 0 Å². The molecule has 0 heteroatoms. The van der Waals surface area contributed by atoms with Crippen molar-refractivity contribution in [3.63, 3.8) is 0 Å². The molecule has 0 aromatic heterocycles. The molecule has 0 N–H and O–H groups in total. The van der Waals surface area contributed by atoms with Crippen LogP contribution in [0.1, 0.15) is 57.7 Å². The number of rotatable bonds is 4. The van der Waals surface area contributed by atoms with Crippen molar-refractivity contribution in [2.75, 3.05) is 0 Å². The summed E-state index contributed by atoms with van der Waals surface area (Å²) >= 11 is 0. The Kier molecular flexibility index (Phi) is 4.79. The van der Waals surface area contributed by atoms with E-state index in [9.17, 15) is 0 Å². The molecule has 0 saturated carbocycles. The fraction of sp³-hybridized carbons (Fsp3) is 0.500. The highest BCUT2D eigenvalue weighted by atomic mass is 14.1. The molecule has 88 valence electrons. The van der Waals surface area contributed by atoms with E-state index in [4.69, 9.17) is 0 Å². The summed E-state index contributed by atoms with van der Waals surface area (Å²) in [6, 6.07) is 6.94. The topological polar surface area (TPSA) is 0 Å². The minimum Gasteiger partial charge on any atom is -0.0726 e. The highest BCUT2D eigenvalue weighted by Crippen LogP contribution is 2.27. The third-order valence-corrected chi connectivity index (χ3v) is 3.25. The molecule has 0 radical (unpaired) electrons. The molecule has 0 aliphatic rings. The first kappa shape index (κ1) is 13.0. The number of allylic oxidation sites excluding steroid dienone is 2. The van der Waals surface area contributed by atoms with E-state index in [1.165, 1.54) is 27.8 Å². The summed E-state index contributed by atoms with van der Waals surface area (Å²) in [4.78, 5) is 0. The van der Waals surface area contributed by atoms with Crippen LogP contribution in [0.15, 0.2) is 23.8 Å². The summed E-state index contributed by atoms with van der Waals surface area (Å²) in [6.45, 7) is 11.1. The molecule has 0 spiro atoms. The van der Waals surface area contributed by atoms with Crippen molar-refractivity contribution < 1.29 is 0 Å². The Balaban J connectivity index is 3.33. The summed E-state index contributed by atoms with van der Waals surface area (Å²) in [5.41, 5.74) is 7.37. The smallest absolute Gasteiger partial charge is 0.0191 e. The quantitative estimate of drug-likeness (QED) is 0.663. The van der Waals surface area contributed by atoms with Crippen LogP contribution >= 0.6 is 0 Å². The first-order valence-electron chi connectivity index (χ1n) is 6.42. The number of benzene rings is 1. The van der Waals surface area contributed by atoms with Crippen molar-refractivity contribution >= 4 is 5.57 Å². The molecule has 1 rings (SSSR count). The molecule has 0 atom stereocenters. The van der Waals surface area contributed by atoms with Gasteiger partial charge in [0, 0.05) is 0 Å². The second-order valence-corrected chi connectivity index (χ2v) is 4.53. The van der Waals surface area contributed by atoms with Gasteiger partial charge in [-0.05, 0) is 55.4 Å². The summed E-state index contributed by atoms with van der Waals surface area (Å²) in [6.07, 6.45) is 3.37. The van der Waals surface area contributed by atoms with Crippen LogP contribution in [0.2, 0.25) is 0 Å². The predicted molar refractivity (Wildman–Crippen MR) is 73.8 cm³/mol. The number of hydrogen-bond acceptors (Lipinski definition) is 0. The molecule has 0 aliphatic heterocycles. The molecular formula is C16H24. The molecule has 0 bridgehead atoms. The highest BCUT2D eigenvalue weighted by Gasteiger charge is 2.07. The summed E-state index contributed by atoms with van der Waals surface area (Å²) < 4.78 is 0. The maximum absolute atomic E-state index is 2.38. The van der Waals surface area contributed by atoms with Gasteiger partial charge in [0.15, 0.2) is 0 Å². The fourth-order valence-corrected chi connectivity index (χ4v) is 2.25. The lowest BCUT2D eigenvalue weighted by atomic mass is 9.91. The molecule has 0 unspecified atom stereocenters. The van der Waals surface area contributed by atoms with Crippen LogP contribution in [0, 0.1) is 0 Å². The van der Waals surface area contributed by atoms with Gasteiger partial charge in [-0.2, -0.15) is 0 Å². The van der Waals surface area contributed by atoms with Crippen LogP contribution in [0.25, 0.3) is 5.57 Å². The van der Waals surface area contributed by atoms with Gasteiger partial charge in [-0.25, -0.2) is 0 Å². The van der Waals surface area contributed by atoms with Crippen LogP contribution in [-0.4, -0.2) is 0 Å². The van der Waals surface area contributed by atoms with Gasteiger partial charge in [0.25, 0.3) is 0 Å². The molecule has 0 heterocycles. The van der Waals surface area contributed by atoms with E-state index in [1.54, 1.807) is 0 Å². The molecule has 0 saturated heterocycles. The summed E-state index contributed by atoms with van der Waals surface area (Å²) in [5, 5.41) is 0. The van der Waals surface area contributed by atoms with E-state index in [2.05, 4.69) is 52.8 Å². The Morgan fingerprint density at radius 3 is 2.12 bits per heavy atom. The van der Waals surface area contributed by atoms with Crippen molar-refractivity contribution in [3.8, 4) is 0 Å². The predicted octanol–water partition coefficient (Wildman–Crippen LogP) is 5.01. The van der Waals surface area contributed by atoms with Crippen LogP contribution in [-0.2, 0) is 12.8 Å². The van der Waals surface area contributed by atoms with Crippen LogP contribution in [0.5, 0.6) is 0 Å².